The minimum absolute atomic E-state index is 0.122. The molecule has 1 unspecified atom stereocenters. The highest BCUT2D eigenvalue weighted by Crippen LogP contribution is 2.06. The van der Waals surface area contributed by atoms with Crippen molar-refractivity contribution in [2.75, 3.05) is 0 Å². The van der Waals surface area contributed by atoms with Crippen LogP contribution in [0.1, 0.15) is 32.3 Å². The summed E-state index contributed by atoms with van der Waals surface area (Å²) in [6.07, 6.45) is 2.29. The Balaban J connectivity index is 2.41. The first-order valence-electron chi connectivity index (χ1n) is 5.20. The van der Waals surface area contributed by atoms with Gasteiger partial charge in [0, 0.05) is 18.2 Å². The van der Waals surface area contributed by atoms with E-state index < -0.39 is 0 Å². The lowest BCUT2D eigenvalue weighted by molar-refractivity contribution is 0.496. The van der Waals surface area contributed by atoms with Crippen molar-refractivity contribution in [2.24, 2.45) is 0 Å². The average Bonchev–Trinajstić information content (AvgIpc) is 2.17. The minimum Gasteiger partial charge on any atom is -0.310 e. The number of hydrogen-bond acceptors (Lipinski definition) is 1. The molecule has 1 aromatic carbocycles. The molecule has 1 atom stereocenters. The van der Waals surface area contributed by atoms with Crippen molar-refractivity contribution in [1.29, 1.82) is 0 Å². The number of benzene rings is 1. The molecule has 0 fully saturated rings. The Morgan fingerprint density at radius 3 is 2.71 bits per heavy atom. The van der Waals surface area contributed by atoms with E-state index in [1.165, 1.54) is 6.07 Å². The first-order valence-corrected chi connectivity index (χ1v) is 5.20. The van der Waals surface area contributed by atoms with Gasteiger partial charge in [-0.3, -0.25) is 0 Å². The molecule has 0 aliphatic heterocycles. The van der Waals surface area contributed by atoms with Gasteiger partial charge in [-0.15, -0.1) is 0 Å². The molecular weight excluding hydrogens is 177 g/mol. The van der Waals surface area contributed by atoms with Gasteiger partial charge in [0.2, 0.25) is 0 Å². The molecule has 0 aliphatic carbocycles. The number of nitrogens with one attached hydrogen (secondary N) is 1. The van der Waals surface area contributed by atoms with Crippen LogP contribution in [-0.4, -0.2) is 6.04 Å². The lowest BCUT2D eigenvalue weighted by Crippen LogP contribution is -2.25. The van der Waals surface area contributed by atoms with Gasteiger partial charge in [-0.05, 0) is 19.4 Å². The van der Waals surface area contributed by atoms with Crippen LogP contribution in [0.15, 0.2) is 24.3 Å². The standard InChI is InChI=1S/C12H18FN/c1-3-6-10(2)14-9-11-7-4-5-8-12(11)13/h4-5,7-8,10,14H,3,6,9H2,1-2H3. The third-order valence-electron chi connectivity index (χ3n) is 2.32. The Hall–Kier alpha value is -0.890. The molecular formula is C12H18FN. The predicted octanol–water partition coefficient (Wildman–Crippen LogP) is 3.10. The maximum atomic E-state index is 13.2. The second-order valence-corrected chi connectivity index (χ2v) is 3.66. The van der Waals surface area contributed by atoms with E-state index in [0.717, 1.165) is 18.4 Å². The van der Waals surface area contributed by atoms with Crippen molar-refractivity contribution in [3.05, 3.63) is 35.6 Å². The maximum absolute atomic E-state index is 13.2. The third-order valence-corrected chi connectivity index (χ3v) is 2.32. The first kappa shape index (κ1) is 11.2. The van der Waals surface area contributed by atoms with Gasteiger partial charge in [0.25, 0.3) is 0 Å². The van der Waals surface area contributed by atoms with Crippen LogP contribution in [0.4, 0.5) is 4.39 Å². The summed E-state index contributed by atoms with van der Waals surface area (Å²) < 4.78 is 13.2. The molecule has 1 N–H and O–H groups in total. The summed E-state index contributed by atoms with van der Waals surface area (Å²) in [5.41, 5.74) is 0.746. The molecule has 0 saturated heterocycles. The van der Waals surface area contributed by atoms with E-state index in [0.29, 0.717) is 12.6 Å². The molecule has 0 bridgehead atoms. The molecule has 14 heavy (non-hydrogen) atoms. The van der Waals surface area contributed by atoms with Crippen molar-refractivity contribution >= 4 is 0 Å². The molecule has 0 aliphatic rings. The van der Waals surface area contributed by atoms with E-state index in [4.69, 9.17) is 0 Å². The van der Waals surface area contributed by atoms with Gasteiger partial charge < -0.3 is 5.32 Å². The molecule has 0 saturated carbocycles. The Morgan fingerprint density at radius 1 is 1.36 bits per heavy atom. The van der Waals surface area contributed by atoms with Gasteiger partial charge in [-0.25, -0.2) is 4.39 Å². The van der Waals surface area contributed by atoms with Crippen LogP contribution in [-0.2, 0) is 6.54 Å². The van der Waals surface area contributed by atoms with E-state index in [1.807, 2.05) is 12.1 Å². The lowest BCUT2D eigenvalue weighted by Gasteiger charge is -2.12. The van der Waals surface area contributed by atoms with Gasteiger partial charge in [0.15, 0.2) is 0 Å². The largest absolute Gasteiger partial charge is 0.310 e. The normalized spacial score (nSPS) is 12.8. The fourth-order valence-electron chi connectivity index (χ4n) is 1.46. The van der Waals surface area contributed by atoms with Gasteiger partial charge >= 0.3 is 0 Å². The topological polar surface area (TPSA) is 12.0 Å². The number of rotatable bonds is 5. The predicted molar refractivity (Wildman–Crippen MR) is 57.6 cm³/mol. The van der Waals surface area contributed by atoms with Crippen LogP contribution in [0.25, 0.3) is 0 Å². The summed E-state index contributed by atoms with van der Waals surface area (Å²) in [5, 5.41) is 3.30. The number of halogens is 1. The van der Waals surface area contributed by atoms with E-state index in [9.17, 15) is 4.39 Å². The van der Waals surface area contributed by atoms with Crippen molar-refractivity contribution in [1.82, 2.24) is 5.32 Å². The zero-order chi connectivity index (χ0) is 10.4. The Bertz CT molecular complexity index is 273. The van der Waals surface area contributed by atoms with Crippen LogP contribution in [0.2, 0.25) is 0 Å². The van der Waals surface area contributed by atoms with Crippen molar-refractivity contribution in [3.8, 4) is 0 Å². The van der Waals surface area contributed by atoms with Gasteiger partial charge in [0.1, 0.15) is 5.82 Å². The van der Waals surface area contributed by atoms with Crippen molar-refractivity contribution in [3.63, 3.8) is 0 Å². The molecule has 78 valence electrons. The first-order chi connectivity index (χ1) is 6.74. The smallest absolute Gasteiger partial charge is 0.127 e. The van der Waals surface area contributed by atoms with Crippen molar-refractivity contribution in [2.45, 2.75) is 39.3 Å². The molecule has 0 heterocycles. The van der Waals surface area contributed by atoms with Crippen LogP contribution in [0.5, 0.6) is 0 Å². The molecule has 1 aromatic rings. The van der Waals surface area contributed by atoms with Crippen molar-refractivity contribution < 1.29 is 4.39 Å². The van der Waals surface area contributed by atoms with Gasteiger partial charge in [-0.1, -0.05) is 31.5 Å². The SMILES string of the molecule is CCCC(C)NCc1ccccc1F. The second kappa shape index (κ2) is 5.76. The molecule has 0 amide bonds. The van der Waals surface area contributed by atoms with Crippen LogP contribution < -0.4 is 5.32 Å². The fourth-order valence-corrected chi connectivity index (χ4v) is 1.46. The van der Waals surface area contributed by atoms with Crippen LogP contribution in [0.3, 0.4) is 0 Å². The summed E-state index contributed by atoms with van der Waals surface area (Å²) in [5.74, 6) is -0.122. The molecule has 0 spiro atoms. The molecule has 0 radical (unpaired) electrons. The zero-order valence-corrected chi connectivity index (χ0v) is 8.89. The van der Waals surface area contributed by atoms with Gasteiger partial charge in [0.05, 0.1) is 0 Å². The highest BCUT2D eigenvalue weighted by Gasteiger charge is 2.02. The Kier molecular flexibility index (Phi) is 4.60. The number of hydrogen-bond donors (Lipinski definition) is 1. The monoisotopic (exact) mass is 195 g/mol. The lowest BCUT2D eigenvalue weighted by atomic mass is 10.1. The third kappa shape index (κ3) is 3.46. The quantitative estimate of drug-likeness (QED) is 0.761. The van der Waals surface area contributed by atoms with Crippen LogP contribution in [0, 0.1) is 5.82 Å². The Labute approximate surface area is 85.3 Å². The Morgan fingerprint density at radius 2 is 2.07 bits per heavy atom. The zero-order valence-electron chi connectivity index (χ0n) is 8.89. The highest BCUT2D eigenvalue weighted by molar-refractivity contribution is 5.16. The van der Waals surface area contributed by atoms with E-state index in [1.54, 1.807) is 6.07 Å². The highest BCUT2D eigenvalue weighted by atomic mass is 19.1. The van der Waals surface area contributed by atoms with Gasteiger partial charge in [-0.2, -0.15) is 0 Å². The summed E-state index contributed by atoms with van der Waals surface area (Å²) in [4.78, 5) is 0. The van der Waals surface area contributed by atoms with E-state index >= 15 is 0 Å². The van der Waals surface area contributed by atoms with E-state index in [-0.39, 0.29) is 5.82 Å². The summed E-state index contributed by atoms with van der Waals surface area (Å²) in [6, 6.07) is 7.36. The van der Waals surface area contributed by atoms with Crippen LogP contribution >= 0.6 is 0 Å². The summed E-state index contributed by atoms with van der Waals surface area (Å²) >= 11 is 0. The molecule has 1 rings (SSSR count). The second-order valence-electron chi connectivity index (χ2n) is 3.66. The summed E-state index contributed by atoms with van der Waals surface area (Å²) in [6.45, 7) is 4.90. The average molecular weight is 195 g/mol. The fraction of sp³-hybridized carbons (Fsp3) is 0.500. The molecule has 1 nitrogen and oxygen atoms in total. The minimum atomic E-state index is -0.122. The molecule has 0 aromatic heterocycles. The molecule has 2 heteroatoms. The van der Waals surface area contributed by atoms with E-state index in [2.05, 4.69) is 19.2 Å². The maximum Gasteiger partial charge on any atom is 0.127 e. The summed E-state index contributed by atoms with van der Waals surface area (Å²) in [7, 11) is 0.